The first kappa shape index (κ1) is 18.7. The lowest BCUT2D eigenvalue weighted by Crippen LogP contribution is -2.28. The Balaban J connectivity index is 0.000000301. The van der Waals surface area contributed by atoms with Crippen molar-refractivity contribution >= 4 is 0 Å². The van der Waals surface area contributed by atoms with Crippen LogP contribution in [-0.4, -0.2) is 15.8 Å². The molecule has 0 bridgehead atoms. The first-order valence-corrected chi connectivity index (χ1v) is 8.92. The van der Waals surface area contributed by atoms with Gasteiger partial charge in [0.25, 0.3) is 0 Å². The van der Waals surface area contributed by atoms with Crippen molar-refractivity contribution in [3.05, 3.63) is 71.8 Å². The second-order valence-corrected chi connectivity index (χ2v) is 7.31. The Hall–Kier alpha value is -1.64. The molecule has 0 radical (unpaired) electrons. The van der Waals surface area contributed by atoms with Gasteiger partial charge >= 0.3 is 0 Å². The van der Waals surface area contributed by atoms with Gasteiger partial charge in [-0.05, 0) is 50.7 Å². The standard InChI is InChI=1S/C17H18O.C5H12O/c18-17(15-10-5-2-6-11-15)13-7-12-16(17)14-8-3-1-4-9-14;1-4-5(2,3)6/h1-6,8-11,16,18H,7,12-13H2;6H,4H2,1-3H3. The molecule has 2 unspecified atom stereocenters. The maximum Gasteiger partial charge on any atom is 0.0964 e. The quantitative estimate of drug-likeness (QED) is 0.832. The van der Waals surface area contributed by atoms with E-state index in [2.05, 4.69) is 24.3 Å². The van der Waals surface area contributed by atoms with E-state index < -0.39 is 11.2 Å². The van der Waals surface area contributed by atoms with Crippen molar-refractivity contribution in [2.24, 2.45) is 0 Å². The normalized spacial score (nSPS) is 23.5. The van der Waals surface area contributed by atoms with Crippen LogP contribution in [0.4, 0.5) is 0 Å². The van der Waals surface area contributed by atoms with Gasteiger partial charge in [0.1, 0.15) is 0 Å². The summed E-state index contributed by atoms with van der Waals surface area (Å²) in [6, 6.07) is 20.5. The van der Waals surface area contributed by atoms with E-state index in [4.69, 9.17) is 5.11 Å². The fourth-order valence-corrected chi connectivity index (χ4v) is 3.19. The molecule has 1 fully saturated rings. The van der Waals surface area contributed by atoms with Crippen LogP contribution < -0.4 is 0 Å². The highest BCUT2D eigenvalue weighted by Crippen LogP contribution is 2.49. The van der Waals surface area contributed by atoms with Crippen LogP contribution in [0.25, 0.3) is 0 Å². The molecule has 24 heavy (non-hydrogen) atoms. The summed E-state index contributed by atoms with van der Waals surface area (Å²) in [7, 11) is 0. The third-order valence-corrected chi connectivity index (χ3v) is 4.97. The van der Waals surface area contributed by atoms with Crippen molar-refractivity contribution in [2.45, 2.75) is 63.6 Å². The number of hydrogen-bond acceptors (Lipinski definition) is 2. The second-order valence-electron chi connectivity index (χ2n) is 7.31. The summed E-state index contributed by atoms with van der Waals surface area (Å²) in [5.74, 6) is 0.223. The van der Waals surface area contributed by atoms with Crippen LogP contribution in [0.1, 0.15) is 63.5 Å². The van der Waals surface area contributed by atoms with Crippen molar-refractivity contribution in [3.8, 4) is 0 Å². The summed E-state index contributed by atoms with van der Waals surface area (Å²) in [6.45, 7) is 5.56. The Bertz CT molecular complexity index is 601. The van der Waals surface area contributed by atoms with E-state index in [0.29, 0.717) is 0 Å². The molecular weight excluding hydrogens is 296 g/mol. The lowest BCUT2D eigenvalue weighted by molar-refractivity contribution is 0.0259. The zero-order chi connectivity index (χ0) is 17.6. The largest absolute Gasteiger partial charge is 0.390 e. The molecule has 2 aromatic rings. The molecule has 3 rings (SSSR count). The van der Waals surface area contributed by atoms with E-state index in [1.165, 1.54) is 5.56 Å². The molecule has 0 aromatic heterocycles. The molecule has 130 valence electrons. The monoisotopic (exact) mass is 326 g/mol. The lowest BCUT2D eigenvalue weighted by atomic mass is 9.80. The van der Waals surface area contributed by atoms with E-state index in [1.54, 1.807) is 13.8 Å². The summed E-state index contributed by atoms with van der Waals surface area (Å²) < 4.78 is 0. The molecule has 1 aliphatic carbocycles. The average molecular weight is 326 g/mol. The molecule has 2 N–H and O–H groups in total. The lowest BCUT2D eigenvalue weighted by Gasteiger charge is -2.31. The van der Waals surface area contributed by atoms with E-state index in [0.717, 1.165) is 31.2 Å². The predicted octanol–water partition coefficient (Wildman–Crippen LogP) is 5.01. The maximum atomic E-state index is 11.1. The Morgan fingerprint density at radius 1 is 1.00 bits per heavy atom. The molecule has 1 aliphatic rings. The van der Waals surface area contributed by atoms with Gasteiger partial charge in [-0.3, -0.25) is 0 Å². The van der Waals surface area contributed by atoms with Gasteiger partial charge in [-0.15, -0.1) is 0 Å². The zero-order valence-corrected chi connectivity index (χ0v) is 15.1. The first-order valence-electron chi connectivity index (χ1n) is 8.92. The number of rotatable bonds is 3. The Kier molecular flexibility index (Phi) is 6.20. The van der Waals surface area contributed by atoms with Crippen LogP contribution >= 0.6 is 0 Å². The summed E-state index contributed by atoms with van der Waals surface area (Å²) in [5.41, 5.74) is 1.15. The minimum Gasteiger partial charge on any atom is -0.390 e. The molecule has 2 atom stereocenters. The van der Waals surface area contributed by atoms with Crippen LogP contribution in [0, 0.1) is 0 Å². The summed E-state index contributed by atoms with van der Waals surface area (Å²) in [4.78, 5) is 0. The van der Waals surface area contributed by atoms with Crippen LogP contribution in [-0.2, 0) is 5.60 Å². The highest BCUT2D eigenvalue weighted by atomic mass is 16.3. The molecule has 0 spiro atoms. The second kappa shape index (κ2) is 7.96. The molecule has 2 aromatic carbocycles. The van der Waals surface area contributed by atoms with Crippen molar-refractivity contribution in [3.63, 3.8) is 0 Å². The molecule has 0 heterocycles. The third-order valence-electron chi connectivity index (χ3n) is 4.97. The van der Waals surface area contributed by atoms with Gasteiger partial charge in [0.05, 0.1) is 11.2 Å². The average Bonchev–Trinajstić information content (AvgIpc) is 2.99. The van der Waals surface area contributed by atoms with Crippen LogP contribution in [0.15, 0.2) is 60.7 Å². The number of hydrogen-bond donors (Lipinski definition) is 2. The highest BCUT2D eigenvalue weighted by molar-refractivity contribution is 5.32. The van der Waals surface area contributed by atoms with Gasteiger partial charge in [-0.25, -0.2) is 0 Å². The molecule has 0 saturated heterocycles. The number of benzene rings is 2. The predicted molar refractivity (Wildman–Crippen MR) is 100.0 cm³/mol. The molecule has 0 amide bonds. The Morgan fingerprint density at radius 2 is 1.50 bits per heavy atom. The smallest absolute Gasteiger partial charge is 0.0964 e. The van der Waals surface area contributed by atoms with Gasteiger partial charge in [0.15, 0.2) is 0 Å². The fourth-order valence-electron chi connectivity index (χ4n) is 3.19. The minimum atomic E-state index is -0.692. The van der Waals surface area contributed by atoms with Gasteiger partial charge in [-0.1, -0.05) is 67.6 Å². The molecule has 2 heteroatoms. The zero-order valence-electron chi connectivity index (χ0n) is 15.1. The summed E-state index contributed by atoms with van der Waals surface area (Å²) >= 11 is 0. The fraction of sp³-hybridized carbons (Fsp3) is 0.455. The van der Waals surface area contributed by atoms with Gasteiger partial charge in [-0.2, -0.15) is 0 Å². The Morgan fingerprint density at radius 3 is 2.00 bits per heavy atom. The van der Waals surface area contributed by atoms with E-state index in [9.17, 15) is 5.11 Å². The van der Waals surface area contributed by atoms with Crippen molar-refractivity contribution in [2.75, 3.05) is 0 Å². The van der Waals surface area contributed by atoms with Gasteiger partial charge in [0.2, 0.25) is 0 Å². The maximum absolute atomic E-state index is 11.1. The van der Waals surface area contributed by atoms with Crippen LogP contribution in [0.2, 0.25) is 0 Å². The van der Waals surface area contributed by atoms with Gasteiger partial charge in [0, 0.05) is 5.92 Å². The first-order chi connectivity index (χ1) is 11.4. The molecule has 2 nitrogen and oxygen atoms in total. The van der Waals surface area contributed by atoms with E-state index >= 15 is 0 Å². The molecular formula is C22H30O2. The van der Waals surface area contributed by atoms with Gasteiger partial charge < -0.3 is 10.2 Å². The molecule has 0 aliphatic heterocycles. The highest BCUT2D eigenvalue weighted by Gasteiger charge is 2.42. The van der Waals surface area contributed by atoms with E-state index in [1.807, 2.05) is 43.3 Å². The van der Waals surface area contributed by atoms with Crippen molar-refractivity contribution in [1.29, 1.82) is 0 Å². The molecule has 1 saturated carbocycles. The van der Waals surface area contributed by atoms with Crippen molar-refractivity contribution in [1.82, 2.24) is 0 Å². The summed E-state index contributed by atoms with van der Waals surface area (Å²) in [5, 5.41) is 19.9. The topological polar surface area (TPSA) is 40.5 Å². The SMILES string of the molecule is CCC(C)(C)O.OC1(c2ccccc2)CCCC1c1ccccc1. The Labute approximate surface area is 146 Å². The van der Waals surface area contributed by atoms with Crippen LogP contribution in [0.3, 0.4) is 0 Å². The third kappa shape index (κ3) is 4.68. The summed E-state index contributed by atoms with van der Waals surface area (Å²) in [6.07, 6.45) is 3.84. The van der Waals surface area contributed by atoms with Crippen LogP contribution in [0.5, 0.6) is 0 Å². The number of aliphatic hydroxyl groups is 2. The van der Waals surface area contributed by atoms with Crippen molar-refractivity contribution < 1.29 is 10.2 Å². The minimum absolute atomic E-state index is 0.223. The van der Waals surface area contributed by atoms with E-state index in [-0.39, 0.29) is 5.92 Å².